The second kappa shape index (κ2) is 11.1. The van der Waals surface area contributed by atoms with Gasteiger partial charge in [-0.05, 0) is 43.4 Å². The van der Waals surface area contributed by atoms with E-state index in [1.165, 1.54) is 16.9 Å². The minimum absolute atomic E-state index is 0.0699. The molecule has 168 valence electrons. The predicted molar refractivity (Wildman–Crippen MR) is 123 cm³/mol. The molecule has 3 N–H and O–H groups in total. The lowest BCUT2D eigenvalue weighted by atomic mass is 9.90. The smallest absolute Gasteiger partial charge is 0.315 e. The van der Waals surface area contributed by atoms with Crippen LogP contribution in [-0.4, -0.2) is 35.6 Å². The van der Waals surface area contributed by atoms with Crippen LogP contribution in [0, 0.1) is 0 Å². The normalized spacial score (nSPS) is 18.5. The van der Waals surface area contributed by atoms with E-state index in [2.05, 4.69) is 46.9 Å². The number of hydrogen-bond donors (Lipinski definition) is 3. The molecule has 0 radical (unpaired) electrons. The molecule has 0 spiro atoms. The van der Waals surface area contributed by atoms with Crippen LogP contribution in [-0.2, 0) is 6.61 Å². The minimum Gasteiger partial charge on any atom is -0.486 e. The molecule has 1 aromatic heterocycles. The second-order valence-electron chi connectivity index (χ2n) is 8.11. The Morgan fingerprint density at radius 1 is 1.13 bits per heavy atom. The number of nitrogens with zero attached hydrogens (tertiary/aromatic N) is 1. The highest BCUT2D eigenvalue weighted by molar-refractivity contribution is 7.09. The highest BCUT2D eigenvalue weighted by Crippen LogP contribution is 2.21. The Balaban J connectivity index is 1.53. The number of aromatic nitrogens is 1. The Bertz CT molecular complexity index is 866. The Labute approximate surface area is 188 Å². The molecule has 1 heterocycles. The average molecular weight is 445 g/mol. The van der Waals surface area contributed by atoms with Crippen LogP contribution in [0.2, 0.25) is 0 Å². The topological polar surface area (TPSA) is 92.4 Å². The maximum absolute atomic E-state index is 12.7. The van der Waals surface area contributed by atoms with Crippen LogP contribution in [0.3, 0.4) is 0 Å². The lowest BCUT2D eigenvalue weighted by Gasteiger charge is -2.32. The SMILES string of the molecule is CCNC(=O)N[C@H]1CCCC[C@@H]1NC(=O)c1csc(COc2ccc(C(C)C)cc2)n1. The van der Waals surface area contributed by atoms with E-state index >= 15 is 0 Å². The second-order valence-corrected chi connectivity index (χ2v) is 9.06. The monoisotopic (exact) mass is 444 g/mol. The van der Waals surface area contributed by atoms with Gasteiger partial charge in [-0.1, -0.05) is 38.8 Å². The number of urea groups is 1. The van der Waals surface area contributed by atoms with Gasteiger partial charge < -0.3 is 20.7 Å². The highest BCUT2D eigenvalue weighted by atomic mass is 32.1. The first-order chi connectivity index (χ1) is 15.0. The van der Waals surface area contributed by atoms with Gasteiger partial charge in [0, 0.05) is 18.0 Å². The molecule has 2 aromatic rings. The number of carbonyl (C=O) groups is 2. The summed E-state index contributed by atoms with van der Waals surface area (Å²) in [5.41, 5.74) is 1.66. The summed E-state index contributed by atoms with van der Waals surface area (Å²) in [4.78, 5) is 29.1. The third-order valence-corrected chi connectivity index (χ3v) is 6.25. The molecule has 31 heavy (non-hydrogen) atoms. The molecule has 2 atom stereocenters. The average Bonchev–Trinajstić information content (AvgIpc) is 3.23. The lowest BCUT2D eigenvalue weighted by molar-refractivity contribution is 0.0911. The van der Waals surface area contributed by atoms with E-state index in [1.54, 1.807) is 5.38 Å². The van der Waals surface area contributed by atoms with Gasteiger partial charge in [-0.15, -0.1) is 11.3 Å². The van der Waals surface area contributed by atoms with E-state index in [1.807, 2.05) is 19.1 Å². The Kier molecular flexibility index (Phi) is 8.28. The summed E-state index contributed by atoms with van der Waals surface area (Å²) < 4.78 is 5.82. The molecule has 0 aliphatic heterocycles. The van der Waals surface area contributed by atoms with Crippen LogP contribution in [0.25, 0.3) is 0 Å². The van der Waals surface area contributed by atoms with Crippen molar-refractivity contribution in [3.05, 3.63) is 45.9 Å². The quantitative estimate of drug-likeness (QED) is 0.569. The fraction of sp³-hybridized carbons (Fsp3) is 0.522. The minimum atomic E-state index is -0.210. The Hall–Kier alpha value is -2.61. The van der Waals surface area contributed by atoms with Crippen molar-refractivity contribution in [3.8, 4) is 5.75 Å². The van der Waals surface area contributed by atoms with E-state index in [0.29, 0.717) is 24.8 Å². The third-order valence-electron chi connectivity index (χ3n) is 5.43. The van der Waals surface area contributed by atoms with Crippen molar-refractivity contribution in [1.29, 1.82) is 0 Å². The van der Waals surface area contributed by atoms with Gasteiger partial charge in [0.05, 0.1) is 6.04 Å². The molecular weight excluding hydrogens is 412 g/mol. The van der Waals surface area contributed by atoms with Gasteiger partial charge in [0.2, 0.25) is 0 Å². The molecule has 1 aromatic carbocycles. The largest absolute Gasteiger partial charge is 0.486 e. The number of nitrogens with one attached hydrogen (secondary N) is 3. The van der Waals surface area contributed by atoms with E-state index in [9.17, 15) is 9.59 Å². The maximum Gasteiger partial charge on any atom is 0.315 e. The summed E-state index contributed by atoms with van der Waals surface area (Å²) in [7, 11) is 0. The summed E-state index contributed by atoms with van der Waals surface area (Å²) in [6, 6.07) is 7.70. The maximum atomic E-state index is 12.7. The molecule has 3 amide bonds. The molecule has 0 bridgehead atoms. The van der Waals surface area contributed by atoms with E-state index < -0.39 is 0 Å². The van der Waals surface area contributed by atoms with Crippen LogP contribution >= 0.6 is 11.3 Å². The first kappa shape index (κ1) is 23.1. The molecular formula is C23H32N4O3S. The molecule has 0 unspecified atom stereocenters. The van der Waals surface area contributed by atoms with Gasteiger partial charge in [0.15, 0.2) is 0 Å². The predicted octanol–water partition coefficient (Wildman–Crippen LogP) is 4.21. The van der Waals surface area contributed by atoms with Crippen LogP contribution in [0.5, 0.6) is 5.75 Å². The number of thiazole rings is 1. The lowest BCUT2D eigenvalue weighted by Crippen LogP contribution is -2.55. The summed E-state index contributed by atoms with van der Waals surface area (Å²) in [6.07, 6.45) is 3.77. The summed E-state index contributed by atoms with van der Waals surface area (Å²) in [5.74, 6) is 1.06. The number of rotatable bonds is 8. The van der Waals surface area contributed by atoms with Gasteiger partial charge in [-0.3, -0.25) is 4.79 Å². The first-order valence-corrected chi connectivity index (χ1v) is 11.9. The summed E-state index contributed by atoms with van der Waals surface area (Å²) in [5, 5.41) is 11.3. The van der Waals surface area contributed by atoms with Gasteiger partial charge >= 0.3 is 6.03 Å². The molecule has 1 aliphatic rings. The van der Waals surface area contributed by atoms with Gasteiger partial charge in [0.1, 0.15) is 23.1 Å². The van der Waals surface area contributed by atoms with Crippen LogP contribution in [0.15, 0.2) is 29.6 Å². The number of amides is 3. The van der Waals surface area contributed by atoms with Crippen LogP contribution in [0.4, 0.5) is 4.79 Å². The molecule has 1 saturated carbocycles. The zero-order valence-electron chi connectivity index (χ0n) is 18.4. The zero-order valence-corrected chi connectivity index (χ0v) is 19.3. The van der Waals surface area contributed by atoms with Crippen LogP contribution < -0.4 is 20.7 Å². The first-order valence-electron chi connectivity index (χ1n) is 11.0. The zero-order chi connectivity index (χ0) is 22.2. The number of carbonyl (C=O) groups excluding carboxylic acids is 2. The van der Waals surface area contributed by atoms with E-state index in [4.69, 9.17) is 4.74 Å². The van der Waals surface area contributed by atoms with Crippen molar-refractivity contribution in [1.82, 2.24) is 20.9 Å². The Morgan fingerprint density at radius 3 is 2.45 bits per heavy atom. The molecule has 0 saturated heterocycles. The van der Waals surface area contributed by atoms with E-state index in [-0.39, 0.29) is 24.0 Å². The number of ether oxygens (including phenoxy) is 1. The molecule has 3 rings (SSSR count). The number of hydrogen-bond acceptors (Lipinski definition) is 5. The molecule has 1 fully saturated rings. The van der Waals surface area contributed by atoms with Crippen molar-refractivity contribution >= 4 is 23.3 Å². The summed E-state index contributed by atoms with van der Waals surface area (Å²) >= 11 is 1.41. The van der Waals surface area contributed by atoms with Crippen molar-refractivity contribution in [3.63, 3.8) is 0 Å². The molecule has 8 heteroatoms. The van der Waals surface area contributed by atoms with Gasteiger partial charge in [0.25, 0.3) is 5.91 Å². The fourth-order valence-corrected chi connectivity index (χ4v) is 4.36. The van der Waals surface area contributed by atoms with Crippen molar-refractivity contribution in [2.75, 3.05) is 6.54 Å². The van der Waals surface area contributed by atoms with Crippen molar-refractivity contribution < 1.29 is 14.3 Å². The molecule has 7 nitrogen and oxygen atoms in total. The van der Waals surface area contributed by atoms with E-state index in [0.717, 1.165) is 36.4 Å². The van der Waals surface area contributed by atoms with Crippen LogP contribution in [0.1, 0.15) is 73.4 Å². The van der Waals surface area contributed by atoms with Gasteiger partial charge in [-0.2, -0.15) is 0 Å². The van der Waals surface area contributed by atoms with Crippen molar-refractivity contribution in [2.45, 2.75) is 71.1 Å². The molecule has 1 aliphatic carbocycles. The van der Waals surface area contributed by atoms with Crippen molar-refractivity contribution in [2.24, 2.45) is 0 Å². The summed E-state index contributed by atoms with van der Waals surface area (Å²) in [6.45, 7) is 7.09. The van der Waals surface area contributed by atoms with Gasteiger partial charge in [-0.25, -0.2) is 9.78 Å². The highest BCUT2D eigenvalue weighted by Gasteiger charge is 2.28. The third kappa shape index (κ3) is 6.69. The fourth-order valence-electron chi connectivity index (χ4n) is 3.67. The Morgan fingerprint density at radius 2 is 1.81 bits per heavy atom. The number of benzene rings is 1. The standard InChI is InChI=1S/C23H32N4O3S/c1-4-24-23(29)27-19-8-6-5-7-18(19)26-22(28)20-14-31-21(25-20)13-30-17-11-9-16(10-12-17)15(2)3/h9-12,14-15,18-19H,4-8,13H2,1-3H3,(H,26,28)(H2,24,27,29)/t18-,19-/m0/s1.